The number of hydrogen-bond donors (Lipinski definition) is 1. The summed E-state index contributed by atoms with van der Waals surface area (Å²) in [5, 5.41) is 0. The molecule has 72 valence electrons. The van der Waals surface area contributed by atoms with Gasteiger partial charge in [-0.25, -0.2) is 0 Å². The molecule has 1 aromatic carbocycles. The highest BCUT2D eigenvalue weighted by atomic mass is 16.1. The summed E-state index contributed by atoms with van der Waals surface area (Å²) in [6.45, 7) is 3.67. The van der Waals surface area contributed by atoms with Crippen molar-refractivity contribution in [2.45, 2.75) is 20.3 Å². The molecule has 0 unspecified atom stereocenters. The third-order valence-electron chi connectivity index (χ3n) is 1.74. The first-order chi connectivity index (χ1) is 6.24. The van der Waals surface area contributed by atoms with Gasteiger partial charge in [0.15, 0.2) is 5.78 Å². The average molecular weight is 179 g/mol. The van der Waals surface area contributed by atoms with Crippen LogP contribution in [0.1, 0.15) is 29.8 Å². The minimum absolute atomic E-state index is 0.139. The lowest BCUT2D eigenvalue weighted by Gasteiger charge is -1.98. The Morgan fingerprint density at radius 3 is 2.46 bits per heavy atom. The van der Waals surface area contributed by atoms with E-state index in [1.807, 2.05) is 24.3 Å². The Morgan fingerprint density at radius 2 is 2.00 bits per heavy atom. The van der Waals surface area contributed by atoms with Crippen LogP contribution in [-0.4, -0.2) is 12.8 Å². The number of ketones is 1. The van der Waals surface area contributed by atoms with Crippen LogP contribution in [0.15, 0.2) is 24.3 Å². The normalized spacial score (nSPS) is 8.62. The van der Waals surface area contributed by atoms with Gasteiger partial charge < -0.3 is 5.73 Å². The van der Waals surface area contributed by atoms with Crippen molar-refractivity contribution in [2.75, 3.05) is 7.05 Å². The highest BCUT2D eigenvalue weighted by Crippen LogP contribution is 2.05. The highest BCUT2D eigenvalue weighted by Gasteiger charge is 1.97. The maximum atomic E-state index is 10.9. The molecule has 2 N–H and O–H groups in total. The molecule has 0 atom stereocenters. The summed E-state index contributed by atoms with van der Waals surface area (Å²) in [4.78, 5) is 10.9. The Morgan fingerprint density at radius 1 is 1.38 bits per heavy atom. The van der Waals surface area contributed by atoms with Crippen molar-refractivity contribution in [3.05, 3.63) is 35.4 Å². The molecule has 0 radical (unpaired) electrons. The monoisotopic (exact) mass is 179 g/mol. The van der Waals surface area contributed by atoms with Crippen molar-refractivity contribution >= 4 is 5.78 Å². The van der Waals surface area contributed by atoms with Crippen LogP contribution in [0.2, 0.25) is 0 Å². The predicted molar refractivity (Wildman–Crippen MR) is 55.9 cm³/mol. The second-order valence-electron chi connectivity index (χ2n) is 2.61. The number of aryl methyl sites for hydroxylation is 1. The number of Topliss-reactive ketones (excluding diaryl/α,β-unsaturated/α-hetero) is 1. The molecule has 0 aromatic heterocycles. The number of carbonyl (C=O) groups is 1. The molecule has 1 rings (SSSR count). The Kier molecular flexibility index (Phi) is 5.81. The van der Waals surface area contributed by atoms with E-state index >= 15 is 0 Å². The van der Waals surface area contributed by atoms with Gasteiger partial charge in [-0.15, -0.1) is 0 Å². The summed E-state index contributed by atoms with van der Waals surface area (Å²) in [7, 11) is 1.50. The van der Waals surface area contributed by atoms with Crippen LogP contribution in [0.5, 0.6) is 0 Å². The average Bonchev–Trinajstić information content (AvgIpc) is 2.21. The van der Waals surface area contributed by atoms with Crippen LogP contribution in [0.25, 0.3) is 0 Å². The number of benzene rings is 1. The first-order valence-electron chi connectivity index (χ1n) is 4.41. The van der Waals surface area contributed by atoms with Gasteiger partial charge in [-0.2, -0.15) is 0 Å². The zero-order valence-corrected chi connectivity index (χ0v) is 8.50. The molecule has 0 spiro atoms. The smallest absolute Gasteiger partial charge is 0.159 e. The molecule has 0 bridgehead atoms. The Balaban J connectivity index is 0.000000671. The number of carbonyl (C=O) groups excluding carboxylic acids is 1. The lowest BCUT2D eigenvalue weighted by atomic mass is 10.1. The topological polar surface area (TPSA) is 43.1 Å². The second kappa shape index (κ2) is 6.38. The second-order valence-corrected chi connectivity index (χ2v) is 2.61. The van der Waals surface area contributed by atoms with Gasteiger partial charge >= 0.3 is 0 Å². The van der Waals surface area contributed by atoms with Gasteiger partial charge in [0.2, 0.25) is 0 Å². The van der Waals surface area contributed by atoms with Crippen molar-refractivity contribution < 1.29 is 4.79 Å². The lowest BCUT2D eigenvalue weighted by Crippen LogP contribution is -1.92. The van der Waals surface area contributed by atoms with Gasteiger partial charge in [0.1, 0.15) is 0 Å². The summed E-state index contributed by atoms with van der Waals surface area (Å²) < 4.78 is 0. The van der Waals surface area contributed by atoms with E-state index < -0.39 is 0 Å². The largest absolute Gasteiger partial charge is 0.333 e. The van der Waals surface area contributed by atoms with Crippen LogP contribution in [-0.2, 0) is 6.42 Å². The van der Waals surface area contributed by atoms with Gasteiger partial charge in [-0.05, 0) is 32.0 Å². The lowest BCUT2D eigenvalue weighted by molar-refractivity contribution is 0.101. The van der Waals surface area contributed by atoms with Crippen LogP contribution >= 0.6 is 0 Å². The minimum Gasteiger partial charge on any atom is -0.333 e. The minimum atomic E-state index is 0.139. The van der Waals surface area contributed by atoms with E-state index in [1.165, 1.54) is 12.6 Å². The molecule has 2 heteroatoms. The molecule has 2 nitrogen and oxygen atoms in total. The molecule has 0 saturated carbocycles. The molecule has 13 heavy (non-hydrogen) atoms. The summed E-state index contributed by atoms with van der Waals surface area (Å²) in [6, 6.07) is 7.76. The molecular formula is C11H17NO. The molecule has 0 saturated heterocycles. The zero-order valence-electron chi connectivity index (χ0n) is 8.50. The zero-order chi connectivity index (χ0) is 10.3. The number of nitrogens with two attached hydrogens (primary N) is 1. The fourth-order valence-corrected chi connectivity index (χ4v) is 1.01. The molecule has 0 fully saturated rings. The summed E-state index contributed by atoms with van der Waals surface area (Å²) in [6.07, 6.45) is 0.987. The molecule has 0 heterocycles. The van der Waals surface area contributed by atoms with Crippen molar-refractivity contribution in [2.24, 2.45) is 5.73 Å². The van der Waals surface area contributed by atoms with Crippen LogP contribution < -0.4 is 5.73 Å². The molecule has 0 amide bonds. The molecule has 0 aliphatic rings. The Hall–Kier alpha value is -1.15. The SMILES string of the molecule is CCc1cccc(C(C)=O)c1.CN. The number of hydrogen-bond acceptors (Lipinski definition) is 2. The van der Waals surface area contributed by atoms with Crippen molar-refractivity contribution in [1.82, 2.24) is 0 Å². The van der Waals surface area contributed by atoms with E-state index in [0.29, 0.717) is 0 Å². The Labute approximate surface area is 79.8 Å². The highest BCUT2D eigenvalue weighted by molar-refractivity contribution is 5.94. The summed E-state index contributed by atoms with van der Waals surface area (Å²) in [5.74, 6) is 0.139. The molecule has 0 aliphatic carbocycles. The molecule has 1 aromatic rings. The third kappa shape index (κ3) is 3.85. The van der Waals surface area contributed by atoms with E-state index in [0.717, 1.165) is 12.0 Å². The third-order valence-corrected chi connectivity index (χ3v) is 1.74. The quantitative estimate of drug-likeness (QED) is 0.706. The maximum Gasteiger partial charge on any atom is 0.159 e. The molecule has 0 aliphatic heterocycles. The summed E-state index contributed by atoms with van der Waals surface area (Å²) in [5.41, 5.74) is 6.53. The van der Waals surface area contributed by atoms with E-state index in [4.69, 9.17) is 0 Å². The van der Waals surface area contributed by atoms with Crippen LogP contribution in [0, 0.1) is 0 Å². The van der Waals surface area contributed by atoms with Crippen molar-refractivity contribution in [3.8, 4) is 0 Å². The van der Waals surface area contributed by atoms with E-state index in [1.54, 1.807) is 6.92 Å². The van der Waals surface area contributed by atoms with Crippen LogP contribution in [0.3, 0.4) is 0 Å². The van der Waals surface area contributed by atoms with E-state index in [9.17, 15) is 4.79 Å². The van der Waals surface area contributed by atoms with Gasteiger partial charge in [-0.1, -0.05) is 25.1 Å². The standard InChI is InChI=1S/C10H12O.CH5N/c1-3-9-5-4-6-10(7-9)8(2)11;1-2/h4-7H,3H2,1-2H3;2H2,1H3. The molecular weight excluding hydrogens is 162 g/mol. The maximum absolute atomic E-state index is 10.9. The fourth-order valence-electron chi connectivity index (χ4n) is 1.01. The van der Waals surface area contributed by atoms with E-state index in [2.05, 4.69) is 12.7 Å². The fraction of sp³-hybridized carbons (Fsp3) is 0.364. The van der Waals surface area contributed by atoms with Gasteiger partial charge in [0.25, 0.3) is 0 Å². The van der Waals surface area contributed by atoms with Crippen LogP contribution in [0.4, 0.5) is 0 Å². The number of rotatable bonds is 2. The van der Waals surface area contributed by atoms with Gasteiger partial charge in [0, 0.05) is 5.56 Å². The first-order valence-corrected chi connectivity index (χ1v) is 4.41. The van der Waals surface area contributed by atoms with Gasteiger partial charge in [0.05, 0.1) is 0 Å². The summed E-state index contributed by atoms with van der Waals surface area (Å²) >= 11 is 0. The van der Waals surface area contributed by atoms with E-state index in [-0.39, 0.29) is 5.78 Å². The van der Waals surface area contributed by atoms with Crippen molar-refractivity contribution in [1.29, 1.82) is 0 Å². The van der Waals surface area contributed by atoms with Gasteiger partial charge in [-0.3, -0.25) is 4.79 Å². The first kappa shape index (κ1) is 11.8. The Bertz CT molecular complexity index is 269. The predicted octanol–water partition coefficient (Wildman–Crippen LogP) is 2.03. The van der Waals surface area contributed by atoms with Crippen molar-refractivity contribution in [3.63, 3.8) is 0 Å².